The minimum atomic E-state index is -0.279. The second kappa shape index (κ2) is 11.7. The van der Waals surface area contributed by atoms with Gasteiger partial charge in [-0.2, -0.15) is 0 Å². The first-order chi connectivity index (χ1) is 17.8. The molecule has 11 heteroatoms. The average molecular weight is 522 g/mol. The van der Waals surface area contributed by atoms with E-state index >= 15 is 0 Å². The smallest absolute Gasteiger partial charge is 0.229 e. The zero-order valence-corrected chi connectivity index (χ0v) is 21.8. The summed E-state index contributed by atoms with van der Waals surface area (Å²) >= 11 is 5.53. The van der Waals surface area contributed by atoms with Crippen molar-refractivity contribution in [3.63, 3.8) is 0 Å². The number of hydrogen-bond donors (Lipinski definition) is 4. The minimum absolute atomic E-state index is 0.279. The van der Waals surface area contributed by atoms with Crippen LogP contribution in [-0.4, -0.2) is 46.8 Å². The van der Waals surface area contributed by atoms with Crippen molar-refractivity contribution in [1.29, 1.82) is 0 Å². The topological polar surface area (TPSA) is 108 Å². The summed E-state index contributed by atoms with van der Waals surface area (Å²) in [5.74, 6) is 1.72. The first kappa shape index (κ1) is 25.8. The molecule has 0 saturated heterocycles. The number of benzene rings is 2. The largest absolute Gasteiger partial charge is 0.497 e. The molecule has 37 heavy (non-hydrogen) atoms. The lowest BCUT2D eigenvalue weighted by molar-refractivity contribution is 0.395. The molecule has 0 saturated carbocycles. The number of ether oxygens (including phenoxy) is 2. The summed E-state index contributed by atoms with van der Waals surface area (Å²) in [5, 5.41) is 10.4. The number of H-pyrrole nitrogens is 1. The fourth-order valence-corrected chi connectivity index (χ4v) is 4.01. The Morgan fingerprint density at radius 3 is 2.38 bits per heavy atom. The molecule has 0 unspecified atom stereocenters. The molecule has 0 bridgehead atoms. The number of nitrogens with one attached hydrogen (secondary N) is 4. The standard InChI is InChI=1S/C26H28FN7O2S/c1-15-9-16(2)31-25(30-15)33-24(28-8-7-17-14-29-23-6-5-18(27)10-22(17)23)34-26(37)32-19-11-20(35-3)13-21(12-19)36-4/h5-6,9-14,29H,7-8H2,1-4H3,(H3,28,30,31,32,33,34,37). The zero-order chi connectivity index (χ0) is 26.4. The van der Waals surface area contributed by atoms with Crippen LogP contribution in [0.15, 0.2) is 53.7 Å². The van der Waals surface area contributed by atoms with E-state index in [0.29, 0.717) is 47.2 Å². The molecule has 2 aromatic carbocycles. The second-order valence-corrected chi connectivity index (χ2v) is 8.67. The van der Waals surface area contributed by atoms with Gasteiger partial charge in [0.2, 0.25) is 11.9 Å². The molecule has 0 aliphatic heterocycles. The van der Waals surface area contributed by atoms with Gasteiger partial charge >= 0.3 is 0 Å². The maximum Gasteiger partial charge on any atom is 0.229 e. The van der Waals surface area contributed by atoms with E-state index in [4.69, 9.17) is 21.7 Å². The van der Waals surface area contributed by atoms with E-state index in [9.17, 15) is 4.39 Å². The SMILES string of the molecule is COc1cc(NC(=S)NC(=NCCc2c[nH]c3ccc(F)cc23)Nc2nc(C)cc(C)n2)cc(OC)c1. The third-order valence-electron chi connectivity index (χ3n) is 5.43. The molecule has 4 N–H and O–H groups in total. The van der Waals surface area contributed by atoms with Gasteiger partial charge in [-0.25, -0.2) is 14.4 Å². The Kier molecular flexibility index (Phi) is 8.14. The van der Waals surface area contributed by atoms with E-state index in [-0.39, 0.29) is 5.82 Å². The summed E-state index contributed by atoms with van der Waals surface area (Å²) in [4.78, 5) is 16.7. The van der Waals surface area contributed by atoms with Crippen molar-refractivity contribution in [3.8, 4) is 11.5 Å². The zero-order valence-electron chi connectivity index (χ0n) is 21.0. The molecule has 4 rings (SSSR count). The van der Waals surface area contributed by atoms with Gasteiger partial charge in [0, 0.05) is 58.9 Å². The number of methoxy groups -OCH3 is 2. The molecule has 0 atom stereocenters. The molecule has 0 aliphatic rings. The van der Waals surface area contributed by atoms with Crippen LogP contribution in [0, 0.1) is 19.7 Å². The van der Waals surface area contributed by atoms with E-state index in [1.807, 2.05) is 26.1 Å². The van der Waals surface area contributed by atoms with Crippen LogP contribution in [0.25, 0.3) is 10.9 Å². The number of rotatable bonds is 7. The molecule has 0 fully saturated rings. The molecular weight excluding hydrogens is 493 g/mol. The molecule has 9 nitrogen and oxygen atoms in total. The van der Waals surface area contributed by atoms with Gasteiger partial charge in [-0.05, 0) is 62.3 Å². The molecule has 0 amide bonds. The first-order valence-corrected chi connectivity index (χ1v) is 11.9. The van der Waals surface area contributed by atoms with Gasteiger partial charge < -0.3 is 25.1 Å². The van der Waals surface area contributed by atoms with Crippen molar-refractivity contribution in [1.82, 2.24) is 20.3 Å². The number of fused-ring (bicyclic) bond motifs is 1. The number of guanidine groups is 1. The summed E-state index contributed by atoms with van der Waals surface area (Å²) in [7, 11) is 3.16. The monoisotopic (exact) mass is 521 g/mol. The van der Waals surface area contributed by atoms with Crippen LogP contribution in [0.4, 0.5) is 16.0 Å². The Morgan fingerprint density at radius 2 is 1.70 bits per heavy atom. The van der Waals surface area contributed by atoms with Crippen molar-refractivity contribution in [2.24, 2.45) is 4.99 Å². The average Bonchev–Trinajstić information content (AvgIpc) is 3.24. The van der Waals surface area contributed by atoms with Crippen LogP contribution in [-0.2, 0) is 6.42 Å². The summed E-state index contributed by atoms with van der Waals surface area (Å²) in [5.41, 5.74) is 4.15. The van der Waals surface area contributed by atoms with Crippen LogP contribution < -0.4 is 25.4 Å². The number of aryl methyl sites for hydroxylation is 2. The Bertz CT molecular complexity index is 1410. The highest BCUT2D eigenvalue weighted by Gasteiger charge is 2.10. The number of aromatic amines is 1. The van der Waals surface area contributed by atoms with Crippen LogP contribution in [0.1, 0.15) is 17.0 Å². The van der Waals surface area contributed by atoms with Crippen LogP contribution in [0.5, 0.6) is 11.5 Å². The van der Waals surface area contributed by atoms with Gasteiger partial charge in [-0.15, -0.1) is 0 Å². The molecule has 2 heterocycles. The second-order valence-electron chi connectivity index (χ2n) is 8.26. The van der Waals surface area contributed by atoms with Gasteiger partial charge in [0.15, 0.2) is 5.11 Å². The molecule has 2 aromatic heterocycles. The lowest BCUT2D eigenvalue weighted by Gasteiger charge is -2.15. The summed E-state index contributed by atoms with van der Waals surface area (Å²) in [6, 6.07) is 11.9. The summed E-state index contributed by atoms with van der Waals surface area (Å²) in [6.07, 6.45) is 2.45. The lowest BCUT2D eigenvalue weighted by atomic mass is 10.1. The van der Waals surface area contributed by atoms with Crippen LogP contribution in [0.3, 0.4) is 0 Å². The van der Waals surface area contributed by atoms with E-state index in [0.717, 1.165) is 27.9 Å². The number of hydrogen-bond acceptors (Lipinski definition) is 6. The number of anilines is 2. The van der Waals surface area contributed by atoms with Crippen LogP contribution in [0.2, 0.25) is 0 Å². The van der Waals surface area contributed by atoms with Gasteiger partial charge in [0.25, 0.3) is 0 Å². The lowest BCUT2D eigenvalue weighted by Crippen LogP contribution is -2.39. The van der Waals surface area contributed by atoms with E-state index in [2.05, 4.69) is 35.9 Å². The maximum absolute atomic E-state index is 13.8. The van der Waals surface area contributed by atoms with Gasteiger partial charge in [-0.1, -0.05) is 0 Å². The van der Waals surface area contributed by atoms with Gasteiger partial charge in [0.1, 0.15) is 17.3 Å². The van der Waals surface area contributed by atoms with E-state index in [1.54, 1.807) is 38.5 Å². The highest BCUT2D eigenvalue weighted by molar-refractivity contribution is 7.80. The Morgan fingerprint density at radius 1 is 1.00 bits per heavy atom. The Labute approximate surface area is 219 Å². The van der Waals surface area contributed by atoms with Crippen molar-refractivity contribution < 1.29 is 13.9 Å². The van der Waals surface area contributed by atoms with Crippen molar-refractivity contribution in [2.45, 2.75) is 20.3 Å². The summed E-state index contributed by atoms with van der Waals surface area (Å²) in [6.45, 7) is 4.18. The maximum atomic E-state index is 13.8. The molecular formula is C26H28FN7O2S. The number of halogens is 1. The highest BCUT2D eigenvalue weighted by Crippen LogP contribution is 2.25. The third kappa shape index (κ3) is 6.91. The minimum Gasteiger partial charge on any atom is -0.497 e. The van der Waals surface area contributed by atoms with Crippen LogP contribution >= 0.6 is 12.2 Å². The fourth-order valence-electron chi connectivity index (χ4n) is 3.79. The molecule has 0 spiro atoms. The van der Waals surface area contributed by atoms with Crippen molar-refractivity contribution in [2.75, 3.05) is 31.4 Å². The third-order valence-corrected chi connectivity index (χ3v) is 5.64. The Balaban J connectivity index is 1.52. The molecule has 0 aliphatic carbocycles. The van der Waals surface area contributed by atoms with Crippen molar-refractivity contribution in [3.05, 3.63) is 71.4 Å². The van der Waals surface area contributed by atoms with E-state index in [1.165, 1.54) is 12.1 Å². The Hall–Kier alpha value is -4.25. The molecule has 4 aromatic rings. The normalized spacial score (nSPS) is 11.3. The predicted octanol–water partition coefficient (Wildman–Crippen LogP) is 4.73. The summed E-state index contributed by atoms with van der Waals surface area (Å²) < 4.78 is 24.4. The highest BCUT2D eigenvalue weighted by atomic mass is 32.1. The molecule has 192 valence electrons. The van der Waals surface area contributed by atoms with Gasteiger partial charge in [0.05, 0.1) is 14.2 Å². The quantitative estimate of drug-likeness (QED) is 0.157. The fraction of sp³-hybridized carbons (Fsp3) is 0.231. The number of aromatic nitrogens is 3. The number of thiocarbonyl (C=S) groups is 1. The van der Waals surface area contributed by atoms with Gasteiger partial charge in [-0.3, -0.25) is 10.3 Å². The molecule has 0 radical (unpaired) electrons. The first-order valence-electron chi connectivity index (χ1n) is 11.5. The van der Waals surface area contributed by atoms with Crippen molar-refractivity contribution >= 4 is 45.8 Å². The van der Waals surface area contributed by atoms with E-state index < -0.39 is 0 Å². The number of aliphatic imine (C=N–C) groups is 1. The predicted molar refractivity (Wildman–Crippen MR) is 148 cm³/mol. The number of nitrogens with zero attached hydrogens (tertiary/aromatic N) is 3.